The zero-order valence-corrected chi connectivity index (χ0v) is 20.4. The number of nitrogens with zero attached hydrogens (tertiary/aromatic N) is 1. The fourth-order valence-corrected chi connectivity index (χ4v) is 4.66. The highest BCUT2D eigenvalue weighted by molar-refractivity contribution is 6.11. The third-order valence-corrected chi connectivity index (χ3v) is 6.80. The quantitative estimate of drug-likeness (QED) is 0.390. The number of imide groups is 1. The van der Waals surface area contributed by atoms with E-state index in [0.29, 0.717) is 16.9 Å². The Hall–Kier alpha value is -4.39. The average molecular weight is 482 g/mol. The van der Waals surface area contributed by atoms with Crippen LogP contribution < -0.4 is 10.6 Å². The van der Waals surface area contributed by atoms with Gasteiger partial charge in [-0.3, -0.25) is 14.5 Å². The maximum absolute atomic E-state index is 13.9. The van der Waals surface area contributed by atoms with E-state index < -0.39 is 36.0 Å². The van der Waals surface area contributed by atoms with E-state index in [2.05, 4.69) is 10.6 Å². The van der Waals surface area contributed by atoms with Gasteiger partial charge in [0, 0.05) is 5.39 Å². The number of hydrogen-bond acceptors (Lipinski definition) is 4. The second kappa shape index (κ2) is 9.00. The molecule has 1 fully saturated rings. The number of fused-ring (bicyclic) bond motifs is 1. The maximum atomic E-state index is 13.9. The Bertz CT molecular complexity index is 1440. The molecule has 2 heterocycles. The number of furan rings is 1. The second-order valence-electron chi connectivity index (χ2n) is 9.21. The zero-order chi connectivity index (χ0) is 25.4. The molecule has 0 spiro atoms. The van der Waals surface area contributed by atoms with Crippen LogP contribution in [-0.2, 0) is 15.1 Å². The molecule has 7 nitrogen and oxygen atoms in total. The predicted octanol–water partition coefficient (Wildman–Crippen LogP) is 4.72. The fourth-order valence-electron chi connectivity index (χ4n) is 4.66. The van der Waals surface area contributed by atoms with Crippen LogP contribution in [0, 0.1) is 13.8 Å². The van der Waals surface area contributed by atoms with Gasteiger partial charge in [0.2, 0.25) is 5.91 Å². The number of amides is 4. The van der Waals surface area contributed by atoms with Gasteiger partial charge in [-0.1, -0.05) is 66.7 Å². The Balaban J connectivity index is 1.41. The molecular formula is C29H27N3O4. The lowest BCUT2D eigenvalue weighted by Crippen LogP contribution is -2.46. The summed E-state index contributed by atoms with van der Waals surface area (Å²) in [5.41, 5.74) is 2.67. The lowest BCUT2D eigenvalue weighted by molar-refractivity contribution is -0.134. The van der Waals surface area contributed by atoms with Crippen molar-refractivity contribution in [3.8, 4) is 0 Å². The largest absolute Gasteiger partial charge is 0.459 e. The highest BCUT2D eigenvalue weighted by Gasteiger charge is 2.54. The molecule has 0 bridgehead atoms. The van der Waals surface area contributed by atoms with Gasteiger partial charge in [0.25, 0.3) is 5.91 Å². The third kappa shape index (κ3) is 3.92. The fraction of sp³-hybridized carbons (Fsp3) is 0.207. The van der Waals surface area contributed by atoms with Crippen molar-refractivity contribution in [1.82, 2.24) is 15.5 Å². The Morgan fingerprint density at radius 3 is 2.39 bits per heavy atom. The van der Waals surface area contributed by atoms with Crippen LogP contribution in [0.2, 0.25) is 0 Å². The normalized spacial score (nSPS) is 18.4. The summed E-state index contributed by atoms with van der Waals surface area (Å²) < 4.78 is 5.84. The Morgan fingerprint density at radius 2 is 1.67 bits per heavy atom. The number of nitrogens with one attached hydrogen (secondary N) is 2. The number of carbonyl (C=O) groups is 3. The van der Waals surface area contributed by atoms with Gasteiger partial charge in [-0.15, -0.1) is 0 Å². The van der Waals surface area contributed by atoms with E-state index in [1.165, 1.54) is 0 Å². The Labute approximate surface area is 209 Å². The summed E-state index contributed by atoms with van der Waals surface area (Å²) in [7, 11) is 0. The first-order valence-electron chi connectivity index (χ1n) is 11.8. The highest BCUT2D eigenvalue weighted by Crippen LogP contribution is 2.37. The molecule has 5 rings (SSSR count). The summed E-state index contributed by atoms with van der Waals surface area (Å²) in [6.07, 6.45) is 0. The zero-order valence-electron chi connectivity index (χ0n) is 20.4. The van der Waals surface area contributed by atoms with E-state index in [9.17, 15) is 14.4 Å². The number of rotatable bonds is 6. The van der Waals surface area contributed by atoms with Crippen molar-refractivity contribution in [3.63, 3.8) is 0 Å². The topological polar surface area (TPSA) is 91.7 Å². The van der Waals surface area contributed by atoms with Crippen molar-refractivity contribution in [3.05, 3.63) is 107 Å². The second-order valence-corrected chi connectivity index (χ2v) is 9.21. The minimum Gasteiger partial charge on any atom is -0.459 e. The molecule has 2 unspecified atom stereocenters. The van der Waals surface area contributed by atoms with Crippen LogP contribution in [0.1, 0.15) is 41.0 Å². The number of hydrogen-bond donors (Lipinski definition) is 2. The highest BCUT2D eigenvalue weighted by atomic mass is 16.3. The molecule has 4 aromatic rings. The van der Waals surface area contributed by atoms with Crippen molar-refractivity contribution in [1.29, 1.82) is 0 Å². The van der Waals surface area contributed by atoms with Crippen LogP contribution >= 0.6 is 0 Å². The molecule has 3 aromatic carbocycles. The summed E-state index contributed by atoms with van der Waals surface area (Å²) in [5.74, 6) is -0.362. The molecule has 7 heteroatoms. The van der Waals surface area contributed by atoms with Crippen LogP contribution in [0.4, 0.5) is 4.79 Å². The van der Waals surface area contributed by atoms with Crippen molar-refractivity contribution >= 4 is 28.8 Å². The van der Waals surface area contributed by atoms with E-state index in [1.54, 1.807) is 19.1 Å². The molecule has 4 amide bonds. The smallest absolute Gasteiger partial charge is 0.326 e. The molecule has 36 heavy (non-hydrogen) atoms. The number of para-hydroxylation sites is 1. The molecule has 1 aromatic heterocycles. The van der Waals surface area contributed by atoms with Crippen molar-refractivity contribution in [2.24, 2.45) is 0 Å². The average Bonchev–Trinajstić information content (AvgIpc) is 3.42. The predicted molar refractivity (Wildman–Crippen MR) is 136 cm³/mol. The van der Waals surface area contributed by atoms with Crippen LogP contribution in [-0.4, -0.2) is 29.3 Å². The number of benzene rings is 3. The van der Waals surface area contributed by atoms with Crippen LogP contribution in [0.3, 0.4) is 0 Å². The lowest BCUT2D eigenvalue weighted by atomic mass is 9.81. The summed E-state index contributed by atoms with van der Waals surface area (Å²) in [6.45, 7) is 5.34. The first kappa shape index (κ1) is 23.4. The molecule has 0 saturated carbocycles. The summed E-state index contributed by atoms with van der Waals surface area (Å²) in [5, 5.41) is 6.67. The van der Waals surface area contributed by atoms with Gasteiger partial charge in [0.15, 0.2) is 5.54 Å². The van der Waals surface area contributed by atoms with Gasteiger partial charge in [-0.2, -0.15) is 0 Å². The molecular weight excluding hydrogens is 454 g/mol. The first-order valence-corrected chi connectivity index (χ1v) is 11.8. The van der Waals surface area contributed by atoms with Gasteiger partial charge in [0.05, 0.1) is 6.04 Å². The van der Waals surface area contributed by atoms with Crippen LogP contribution in [0.15, 0.2) is 83.3 Å². The first-order chi connectivity index (χ1) is 17.3. The van der Waals surface area contributed by atoms with Crippen LogP contribution in [0.5, 0.6) is 0 Å². The van der Waals surface area contributed by atoms with Crippen molar-refractivity contribution in [2.75, 3.05) is 6.54 Å². The molecule has 0 aliphatic carbocycles. The number of aryl methyl sites for hydroxylation is 2. The molecule has 2 atom stereocenters. The standard InChI is InChI=1S/C29H27N3O4/c1-18-13-14-23(15-19(18)2)29(22-10-5-4-6-11-22)27(34)32(28(35)31-29)17-26(33)30-20(3)25-16-21-9-7-8-12-24(21)36-25/h4-16,20H,17H2,1-3H3,(H,30,33)(H,31,35). The van der Waals surface area contributed by atoms with E-state index in [1.807, 2.05) is 80.6 Å². The van der Waals surface area contributed by atoms with E-state index in [-0.39, 0.29) is 0 Å². The lowest BCUT2D eigenvalue weighted by Gasteiger charge is -2.28. The molecule has 1 saturated heterocycles. The minimum absolute atomic E-state index is 0.408. The van der Waals surface area contributed by atoms with E-state index in [0.717, 1.165) is 27.0 Å². The monoisotopic (exact) mass is 481 g/mol. The third-order valence-electron chi connectivity index (χ3n) is 6.80. The van der Waals surface area contributed by atoms with Gasteiger partial charge < -0.3 is 15.1 Å². The summed E-state index contributed by atoms with van der Waals surface area (Å²) in [6, 6.07) is 23.2. The Morgan fingerprint density at radius 1 is 0.944 bits per heavy atom. The molecule has 2 N–H and O–H groups in total. The van der Waals surface area contributed by atoms with Crippen LogP contribution in [0.25, 0.3) is 11.0 Å². The number of carbonyl (C=O) groups excluding carboxylic acids is 3. The Kier molecular flexibility index (Phi) is 5.84. The summed E-state index contributed by atoms with van der Waals surface area (Å²) in [4.78, 5) is 40.9. The number of urea groups is 1. The maximum Gasteiger partial charge on any atom is 0.326 e. The molecule has 182 valence electrons. The van der Waals surface area contributed by atoms with Gasteiger partial charge in [-0.05, 0) is 55.2 Å². The molecule has 1 aliphatic rings. The van der Waals surface area contributed by atoms with E-state index >= 15 is 0 Å². The minimum atomic E-state index is -1.42. The van der Waals surface area contributed by atoms with Crippen molar-refractivity contribution in [2.45, 2.75) is 32.4 Å². The van der Waals surface area contributed by atoms with Crippen molar-refractivity contribution < 1.29 is 18.8 Å². The van der Waals surface area contributed by atoms with Gasteiger partial charge >= 0.3 is 6.03 Å². The molecule has 1 aliphatic heterocycles. The molecule has 0 radical (unpaired) electrons. The van der Waals surface area contributed by atoms with Gasteiger partial charge in [-0.25, -0.2) is 4.79 Å². The SMILES string of the molecule is Cc1ccc(C2(c3ccccc3)NC(=O)N(CC(=O)NC(C)c3cc4ccccc4o3)C2=O)cc1C. The summed E-state index contributed by atoms with van der Waals surface area (Å²) >= 11 is 0. The van der Waals surface area contributed by atoms with E-state index in [4.69, 9.17) is 4.42 Å². The van der Waals surface area contributed by atoms with Gasteiger partial charge in [0.1, 0.15) is 17.9 Å².